The van der Waals surface area contributed by atoms with Gasteiger partial charge in [0.2, 0.25) is 0 Å². The largest absolute Gasteiger partial charge is 0.452 e. The number of nitrogens with zero attached hydrogens (tertiary/aromatic N) is 1. The van der Waals surface area contributed by atoms with E-state index < -0.39 is 41.9 Å². The van der Waals surface area contributed by atoms with Gasteiger partial charge >= 0.3 is 12.1 Å². The van der Waals surface area contributed by atoms with E-state index in [0.29, 0.717) is 6.07 Å². The molecule has 0 bridgehead atoms. The number of carbonyl (C=O) groups is 2. The number of anilines is 3. The van der Waals surface area contributed by atoms with Gasteiger partial charge in [0.25, 0.3) is 5.91 Å². The summed E-state index contributed by atoms with van der Waals surface area (Å²) in [4.78, 5) is 28.2. The average Bonchev–Trinajstić information content (AvgIpc) is 2.74. The third kappa shape index (κ3) is 5.78. The van der Waals surface area contributed by atoms with Crippen molar-refractivity contribution in [3.8, 4) is 0 Å². The molecule has 2 aromatic carbocycles. The van der Waals surface area contributed by atoms with Crippen LogP contribution in [-0.2, 0) is 15.7 Å². The normalized spacial score (nSPS) is 11.0. The molecule has 1 amide bonds. The van der Waals surface area contributed by atoms with Crippen molar-refractivity contribution in [3.63, 3.8) is 0 Å². The van der Waals surface area contributed by atoms with E-state index in [1.165, 1.54) is 30.5 Å². The number of nitrogens with one attached hydrogen (secondary N) is 2. The Morgan fingerprint density at radius 2 is 1.78 bits per heavy atom. The SMILES string of the molecule is O=C(COC(=O)c1cccnc1Nc1cccc(C(F)(F)F)c1)Nc1ccc(F)cc1F. The smallest absolute Gasteiger partial charge is 0.416 e. The number of alkyl halides is 3. The lowest BCUT2D eigenvalue weighted by molar-refractivity contribution is -0.137. The molecule has 0 spiro atoms. The standard InChI is InChI=1S/C21H14F5N3O3/c22-13-6-7-17(16(23)10-13)29-18(30)11-32-20(31)15-5-2-8-27-19(15)28-14-4-1-3-12(9-14)21(24,25)26/h1-10H,11H2,(H,27,28)(H,29,30). The number of pyridine rings is 1. The molecule has 0 aliphatic carbocycles. The molecule has 0 aliphatic rings. The minimum atomic E-state index is -4.55. The van der Waals surface area contributed by atoms with Crippen LogP contribution in [0.2, 0.25) is 0 Å². The van der Waals surface area contributed by atoms with Gasteiger partial charge in [-0.1, -0.05) is 6.07 Å². The zero-order valence-electron chi connectivity index (χ0n) is 16.0. The van der Waals surface area contributed by atoms with Crippen molar-refractivity contribution in [1.82, 2.24) is 4.98 Å². The maximum Gasteiger partial charge on any atom is 0.416 e. The average molecular weight is 451 g/mol. The topological polar surface area (TPSA) is 80.3 Å². The Morgan fingerprint density at radius 1 is 1.00 bits per heavy atom. The number of esters is 1. The number of halogens is 5. The minimum absolute atomic E-state index is 0.0251. The second-order valence-electron chi connectivity index (χ2n) is 6.35. The molecule has 0 fully saturated rings. The lowest BCUT2D eigenvalue weighted by atomic mass is 10.2. The summed E-state index contributed by atoms with van der Waals surface area (Å²) in [6.45, 7) is -0.798. The number of hydrogen-bond acceptors (Lipinski definition) is 5. The van der Waals surface area contributed by atoms with Crippen molar-refractivity contribution in [3.05, 3.63) is 83.6 Å². The van der Waals surface area contributed by atoms with Gasteiger partial charge in [0.15, 0.2) is 6.61 Å². The van der Waals surface area contributed by atoms with Gasteiger partial charge in [-0.05, 0) is 42.5 Å². The molecule has 166 valence electrons. The fourth-order valence-corrected chi connectivity index (χ4v) is 2.57. The van der Waals surface area contributed by atoms with Gasteiger partial charge in [-0.3, -0.25) is 4.79 Å². The maximum atomic E-state index is 13.6. The highest BCUT2D eigenvalue weighted by Gasteiger charge is 2.30. The quantitative estimate of drug-likeness (QED) is 0.411. The molecular formula is C21H14F5N3O3. The van der Waals surface area contributed by atoms with Gasteiger partial charge in [0, 0.05) is 18.0 Å². The van der Waals surface area contributed by atoms with Crippen LogP contribution in [0, 0.1) is 11.6 Å². The molecule has 32 heavy (non-hydrogen) atoms. The number of amides is 1. The molecule has 3 rings (SSSR count). The molecule has 0 atom stereocenters. The first-order valence-corrected chi connectivity index (χ1v) is 8.95. The summed E-state index contributed by atoms with van der Waals surface area (Å²) in [5.41, 5.74) is -1.32. The molecule has 0 saturated heterocycles. The predicted octanol–water partition coefficient (Wildman–Crippen LogP) is 4.92. The van der Waals surface area contributed by atoms with Crippen LogP contribution >= 0.6 is 0 Å². The minimum Gasteiger partial charge on any atom is -0.452 e. The van der Waals surface area contributed by atoms with Gasteiger partial charge in [-0.15, -0.1) is 0 Å². The Hall–Kier alpha value is -4.02. The van der Waals surface area contributed by atoms with Crippen LogP contribution in [0.4, 0.5) is 39.1 Å². The lowest BCUT2D eigenvalue weighted by Crippen LogP contribution is -2.22. The van der Waals surface area contributed by atoms with E-state index in [1.54, 1.807) is 0 Å². The summed E-state index contributed by atoms with van der Waals surface area (Å²) in [5, 5.41) is 4.73. The third-order valence-corrected chi connectivity index (χ3v) is 4.02. The van der Waals surface area contributed by atoms with Gasteiger partial charge in [0.1, 0.15) is 23.0 Å². The summed E-state index contributed by atoms with van der Waals surface area (Å²) in [5.74, 6) is -3.82. The number of hydrogen-bond donors (Lipinski definition) is 2. The van der Waals surface area contributed by atoms with Crippen molar-refractivity contribution in [2.75, 3.05) is 17.2 Å². The molecule has 11 heteroatoms. The van der Waals surface area contributed by atoms with Crippen LogP contribution in [0.25, 0.3) is 0 Å². The van der Waals surface area contributed by atoms with E-state index in [1.807, 2.05) is 0 Å². The zero-order valence-corrected chi connectivity index (χ0v) is 16.0. The molecular weight excluding hydrogens is 437 g/mol. The molecule has 1 heterocycles. The number of ether oxygens (including phenoxy) is 1. The summed E-state index contributed by atoms with van der Waals surface area (Å²) in [6, 6.07) is 9.47. The van der Waals surface area contributed by atoms with Crippen molar-refractivity contribution in [2.24, 2.45) is 0 Å². The van der Waals surface area contributed by atoms with Crippen molar-refractivity contribution >= 4 is 29.1 Å². The van der Waals surface area contributed by atoms with Crippen LogP contribution in [0.15, 0.2) is 60.8 Å². The van der Waals surface area contributed by atoms with Gasteiger partial charge in [0.05, 0.1) is 11.3 Å². The van der Waals surface area contributed by atoms with E-state index in [9.17, 15) is 31.5 Å². The van der Waals surface area contributed by atoms with Crippen molar-refractivity contribution in [1.29, 1.82) is 0 Å². The molecule has 0 saturated carbocycles. The molecule has 3 aromatic rings. The summed E-state index contributed by atoms with van der Waals surface area (Å²) >= 11 is 0. The van der Waals surface area contributed by atoms with Gasteiger partial charge in [-0.25, -0.2) is 18.6 Å². The Morgan fingerprint density at radius 3 is 2.50 bits per heavy atom. The molecule has 2 N–H and O–H groups in total. The second kappa shape index (κ2) is 9.41. The van der Waals surface area contributed by atoms with E-state index in [0.717, 1.165) is 24.3 Å². The zero-order chi connectivity index (χ0) is 23.3. The van der Waals surface area contributed by atoms with Crippen LogP contribution in [0.3, 0.4) is 0 Å². The molecule has 6 nitrogen and oxygen atoms in total. The highest BCUT2D eigenvalue weighted by Crippen LogP contribution is 2.31. The fraction of sp³-hybridized carbons (Fsp3) is 0.0952. The fourth-order valence-electron chi connectivity index (χ4n) is 2.57. The lowest BCUT2D eigenvalue weighted by Gasteiger charge is -2.13. The molecule has 1 aromatic heterocycles. The first kappa shape index (κ1) is 22.7. The van der Waals surface area contributed by atoms with E-state index >= 15 is 0 Å². The van der Waals surface area contributed by atoms with E-state index in [4.69, 9.17) is 4.74 Å². The second-order valence-corrected chi connectivity index (χ2v) is 6.35. The Labute approximate surface area is 178 Å². The first-order chi connectivity index (χ1) is 15.1. The van der Waals surface area contributed by atoms with Crippen LogP contribution in [0.5, 0.6) is 0 Å². The van der Waals surface area contributed by atoms with Gasteiger partial charge < -0.3 is 15.4 Å². The Bertz CT molecular complexity index is 1150. The number of benzene rings is 2. The number of rotatable bonds is 6. The maximum absolute atomic E-state index is 13.6. The predicted molar refractivity (Wildman–Crippen MR) is 104 cm³/mol. The summed E-state index contributed by atoms with van der Waals surface area (Å²) in [7, 11) is 0. The van der Waals surface area contributed by atoms with Crippen LogP contribution < -0.4 is 10.6 Å². The summed E-state index contributed by atoms with van der Waals surface area (Å²) in [6.07, 6.45) is -3.25. The molecule has 0 radical (unpaired) electrons. The summed E-state index contributed by atoms with van der Waals surface area (Å²) < 4.78 is 70.1. The first-order valence-electron chi connectivity index (χ1n) is 8.95. The molecule has 0 unspecified atom stereocenters. The van der Waals surface area contributed by atoms with E-state index in [-0.39, 0.29) is 22.8 Å². The molecule has 0 aliphatic heterocycles. The van der Waals surface area contributed by atoms with Gasteiger partial charge in [-0.2, -0.15) is 13.2 Å². The number of carbonyl (C=O) groups excluding carboxylic acids is 2. The Kier molecular flexibility index (Phi) is 6.67. The third-order valence-electron chi connectivity index (χ3n) is 4.02. The number of aromatic nitrogens is 1. The van der Waals surface area contributed by atoms with E-state index in [2.05, 4.69) is 15.6 Å². The highest BCUT2D eigenvalue weighted by atomic mass is 19.4. The van der Waals surface area contributed by atoms with Crippen LogP contribution in [0.1, 0.15) is 15.9 Å². The highest BCUT2D eigenvalue weighted by molar-refractivity contribution is 5.98. The van der Waals surface area contributed by atoms with Crippen molar-refractivity contribution < 1.29 is 36.3 Å². The Balaban J connectivity index is 1.67. The monoisotopic (exact) mass is 451 g/mol. The van der Waals surface area contributed by atoms with Crippen molar-refractivity contribution in [2.45, 2.75) is 6.18 Å². The van der Waals surface area contributed by atoms with Crippen LogP contribution in [-0.4, -0.2) is 23.5 Å².